The highest BCUT2D eigenvalue weighted by molar-refractivity contribution is 5.52. The van der Waals surface area contributed by atoms with Crippen LogP contribution < -0.4 is 9.64 Å². The Morgan fingerprint density at radius 3 is 2.14 bits per heavy atom. The van der Waals surface area contributed by atoms with E-state index in [2.05, 4.69) is 4.98 Å². The Kier molecular flexibility index (Phi) is 7.91. The van der Waals surface area contributed by atoms with Gasteiger partial charge in [0.05, 0.1) is 12.1 Å². The molecule has 1 atom stereocenters. The van der Waals surface area contributed by atoms with E-state index in [1.54, 1.807) is 0 Å². The molecule has 0 unspecified atom stereocenters. The Bertz CT molecular complexity index is 1230. The zero-order valence-corrected chi connectivity index (χ0v) is 18.3. The number of benzene rings is 2. The average molecular weight is 542 g/mol. The van der Waals surface area contributed by atoms with Gasteiger partial charge in [0.2, 0.25) is 0 Å². The molecule has 0 fully saturated rings. The van der Waals surface area contributed by atoms with Crippen LogP contribution in [0.15, 0.2) is 60.8 Å². The van der Waals surface area contributed by atoms with Crippen molar-refractivity contribution in [3.05, 3.63) is 83.4 Å². The summed E-state index contributed by atoms with van der Waals surface area (Å²) >= 11 is 0. The summed E-state index contributed by atoms with van der Waals surface area (Å²) in [6.07, 6.45) is -16.9. The summed E-state index contributed by atoms with van der Waals surface area (Å²) in [7, 11) is 0. The molecule has 0 spiro atoms. The van der Waals surface area contributed by atoms with Crippen LogP contribution in [0.3, 0.4) is 0 Å². The molecule has 1 N–H and O–H groups in total. The number of ether oxygens (including phenoxy) is 1. The summed E-state index contributed by atoms with van der Waals surface area (Å²) in [6, 6.07) is 7.84. The number of rotatable bonds is 7. The van der Waals surface area contributed by atoms with Gasteiger partial charge in [-0.25, -0.2) is 4.39 Å². The molecule has 37 heavy (non-hydrogen) atoms. The third kappa shape index (κ3) is 7.47. The molecule has 1 aromatic heterocycles. The minimum Gasteiger partial charge on any atom is -0.457 e. The van der Waals surface area contributed by atoms with E-state index in [0.717, 1.165) is 23.2 Å². The largest absolute Gasteiger partial charge is 0.457 e. The maximum absolute atomic E-state index is 14.3. The van der Waals surface area contributed by atoms with Crippen LogP contribution in [0.4, 0.5) is 49.6 Å². The van der Waals surface area contributed by atoms with Gasteiger partial charge >= 0.3 is 18.5 Å². The van der Waals surface area contributed by atoms with Crippen LogP contribution >= 0.6 is 0 Å². The van der Waals surface area contributed by atoms with Crippen LogP contribution in [0.5, 0.6) is 11.5 Å². The lowest BCUT2D eigenvalue weighted by Gasteiger charge is -2.29. The molecule has 0 radical (unpaired) electrons. The molecule has 0 aliphatic rings. The van der Waals surface area contributed by atoms with E-state index in [1.165, 1.54) is 18.2 Å². The van der Waals surface area contributed by atoms with Crippen LogP contribution in [0.25, 0.3) is 0 Å². The first-order chi connectivity index (χ1) is 17.0. The number of aromatic nitrogens is 1. The topological polar surface area (TPSA) is 45.6 Å². The minimum atomic E-state index is -5.11. The van der Waals surface area contributed by atoms with Crippen molar-refractivity contribution < 1.29 is 53.7 Å². The van der Waals surface area contributed by atoms with Gasteiger partial charge in [0, 0.05) is 36.1 Å². The summed E-state index contributed by atoms with van der Waals surface area (Å²) in [5, 5.41) is 9.57. The molecule has 0 saturated heterocycles. The second-order valence-electron chi connectivity index (χ2n) is 7.72. The van der Waals surface area contributed by atoms with Gasteiger partial charge in [0.25, 0.3) is 0 Å². The molecule has 3 rings (SSSR count). The van der Waals surface area contributed by atoms with E-state index in [4.69, 9.17) is 4.74 Å². The lowest BCUT2D eigenvalue weighted by atomic mass is 10.1. The quantitative estimate of drug-likeness (QED) is 0.328. The number of nitrogens with zero attached hydrogens (tertiary/aromatic N) is 2. The zero-order chi connectivity index (χ0) is 27.6. The van der Waals surface area contributed by atoms with Gasteiger partial charge in [0.15, 0.2) is 6.10 Å². The average Bonchev–Trinajstić information content (AvgIpc) is 2.78. The van der Waals surface area contributed by atoms with E-state index in [1.807, 2.05) is 0 Å². The van der Waals surface area contributed by atoms with Gasteiger partial charge < -0.3 is 14.7 Å². The second kappa shape index (κ2) is 10.4. The van der Waals surface area contributed by atoms with Gasteiger partial charge in [0.1, 0.15) is 23.0 Å². The maximum Gasteiger partial charge on any atom is 0.433 e. The van der Waals surface area contributed by atoms with Crippen molar-refractivity contribution in [3.8, 4) is 11.5 Å². The molecule has 0 saturated carbocycles. The van der Waals surface area contributed by atoms with E-state index in [-0.39, 0.29) is 17.2 Å². The SMILES string of the molecule is O[C@H](CN(Cc1cc(C(F)(F)F)ccc1F)c1cccc(Oc2ccnc(C(F)(F)F)c2)c1)C(F)(F)F. The summed E-state index contributed by atoms with van der Waals surface area (Å²) in [4.78, 5) is 3.93. The summed E-state index contributed by atoms with van der Waals surface area (Å²) in [5.74, 6) is -1.61. The fourth-order valence-corrected chi connectivity index (χ4v) is 3.16. The molecule has 4 nitrogen and oxygen atoms in total. The molecule has 1 heterocycles. The highest BCUT2D eigenvalue weighted by Gasteiger charge is 2.39. The molecule has 2 aromatic carbocycles. The highest BCUT2D eigenvalue weighted by atomic mass is 19.4. The van der Waals surface area contributed by atoms with Crippen molar-refractivity contribution in [2.75, 3.05) is 11.4 Å². The Morgan fingerprint density at radius 2 is 1.51 bits per heavy atom. The van der Waals surface area contributed by atoms with Crippen molar-refractivity contribution in [3.63, 3.8) is 0 Å². The first-order valence-corrected chi connectivity index (χ1v) is 10.2. The van der Waals surface area contributed by atoms with Gasteiger partial charge in [-0.2, -0.15) is 39.5 Å². The smallest absolute Gasteiger partial charge is 0.433 e. The molecule has 0 aliphatic heterocycles. The van der Waals surface area contributed by atoms with Crippen molar-refractivity contribution >= 4 is 5.69 Å². The monoisotopic (exact) mass is 542 g/mol. The Morgan fingerprint density at radius 1 is 0.838 bits per heavy atom. The lowest BCUT2D eigenvalue weighted by Crippen LogP contribution is -2.41. The van der Waals surface area contributed by atoms with Crippen molar-refractivity contribution in [2.45, 2.75) is 31.2 Å². The zero-order valence-electron chi connectivity index (χ0n) is 18.3. The Labute approximate surface area is 202 Å². The number of halogens is 10. The maximum atomic E-state index is 14.3. The standard InChI is InChI=1S/C23H16F10N2O2/c24-18-5-4-14(21(25,26)27)8-13(18)11-35(12-20(36)23(31,32)33)15-2-1-3-16(9-15)37-17-6-7-34-19(10-17)22(28,29)30/h1-10,20,36H,11-12H2/t20-/m1/s1. The van der Waals surface area contributed by atoms with Crippen molar-refractivity contribution in [1.29, 1.82) is 0 Å². The Hall–Kier alpha value is -3.55. The molecule has 14 heteroatoms. The first kappa shape index (κ1) is 28.0. The van der Waals surface area contributed by atoms with Crippen LogP contribution in [0, 0.1) is 5.82 Å². The molecule has 3 aromatic rings. The third-order valence-electron chi connectivity index (χ3n) is 4.95. The van der Waals surface area contributed by atoms with E-state index in [9.17, 15) is 49.0 Å². The predicted octanol–water partition coefficient (Wildman–Crippen LogP) is 6.98. The lowest BCUT2D eigenvalue weighted by molar-refractivity contribution is -0.200. The number of pyridine rings is 1. The van der Waals surface area contributed by atoms with Crippen molar-refractivity contribution in [1.82, 2.24) is 4.98 Å². The van der Waals surface area contributed by atoms with E-state index >= 15 is 0 Å². The minimum absolute atomic E-state index is 0.150. The summed E-state index contributed by atoms with van der Waals surface area (Å²) in [5.41, 5.74) is -3.27. The highest BCUT2D eigenvalue weighted by Crippen LogP contribution is 2.34. The van der Waals surface area contributed by atoms with Gasteiger partial charge in [-0.3, -0.25) is 4.98 Å². The molecule has 0 bridgehead atoms. The van der Waals surface area contributed by atoms with Crippen LogP contribution in [-0.2, 0) is 18.9 Å². The van der Waals surface area contributed by atoms with E-state index < -0.39 is 60.4 Å². The molecular weight excluding hydrogens is 526 g/mol. The molecular formula is C23H16F10N2O2. The number of hydrogen-bond donors (Lipinski definition) is 1. The summed E-state index contributed by atoms with van der Waals surface area (Å²) < 4.78 is 137. The number of aliphatic hydroxyl groups is 1. The van der Waals surface area contributed by atoms with Crippen LogP contribution in [0.2, 0.25) is 0 Å². The molecule has 0 aliphatic carbocycles. The number of alkyl halides is 9. The Balaban J connectivity index is 1.96. The van der Waals surface area contributed by atoms with Gasteiger partial charge in [-0.05, 0) is 36.4 Å². The molecule has 0 amide bonds. The third-order valence-corrected chi connectivity index (χ3v) is 4.95. The van der Waals surface area contributed by atoms with Crippen LogP contribution in [-0.4, -0.2) is 28.9 Å². The van der Waals surface area contributed by atoms with Crippen molar-refractivity contribution in [2.24, 2.45) is 0 Å². The number of aliphatic hydroxyl groups excluding tert-OH is 1. The number of hydrogen-bond acceptors (Lipinski definition) is 4. The fraction of sp³-hybridized carbons (Fsp3) is 0.261. The summed E-state index contributed by atoms with van der Waals surface area (Å²) in [6.45, 7) is -2.02. The van der Waals surface area contributed by atoms with Gasteiger partial charge in [-0.1, -0.05) is 6.07 Å². The normalized spacial score (nSPS) is 13.4. The fourth-order valence-electron chi connectivity index (χ4n) is 3.16. The van der Waals surface area contributed by atoms with Gasteiger partial charge in [-0.15, -0.1) is 0 Å². The first-order valence-electron chi connectivity index (χ1n) is 10.2. The molecule has 200 valence electrons. The second-order valence-corrected chi connectivity index (χ2v) is 7.72. The predicted molar refractivity (Wildman–Crippen MR) is 110 cm³/mol. The van der Waals surface area contributed by atoms with E-state index in [0.29, 0.717) is 24.3 Å². The number of anilines is 1. The van der Waals surface area contributed by atoms with Crippen LogP contribution in [0.1, 0.15) is 16.8 Å².